The Balaban J connectivity index is 2.40. The van der Waals surface area contributed by atoms with Gasteiger partial charge in [0, 0.05) is 24.3 Å². The number of aliphatic carboxylic acids is 1. The van der Waals surface area contributed by atoms with Crippen molar-refractivity contribution < 1.29 is 19.4 Å². The molecule has 0 spiro atoms. The largest absolute Gasteiger partial charge is 0.480 e. The first-order valence-corrected chi connectivity index (χ1v) is 7.47. The summed E-state index contributed by atoms with van der Waals surface area (Å²) in [4.78, 5) is 26.5. The smallest absolute Gasteiger partial charge is 0.331 e. The van der Waals surface area contributed by atoms with Crippen LogP contribution in [0.4, 0.5) is 5.69 Å². The highest BCUT2D eigenvalue weighted by molar-refractivity contribution is 6.19. The number of nitrogens with zero attached hydrogens (tertiary/aromatic N) is 1. The van der Waals surface area contributed by atoms with E-state index in [1.807, 2.05) is 24.0 Å². The summed E-state index contributed by atoms with van der Waals surface area (Å²) in [6.45, 7) is 3.28. The molecule has 1 aliphatic heterocycles. The van der Waals surface area contributed by atoms with Crippen molar-refractivity contribution in [3.05, 3.63) is 29.8 Å². The lowest BCUT2D eigenvalue weighted by atomic mass is 9.76. The number of nitrogens with two attached hydrogens (primary N) is 1. The van der Waals surface area contributed by atoms with Gasteiger partial charge in [0.25, 0.3) is 0 Å². The van der Waals surface area contributed by atoms with Gasteiger partial charge < -0.3 is 20.5 Å². The number of hydrogen-bond donors (Lipinski definition) is 2. The molecule has 6 heteroatoms. The molecule has 0 saturated heterocycles. The van der Waals surface area contributed by atoms with Crippen LogP contribution >= 0.6 is 0 Å². The predicted octanol–water partition coefficient (Wildman–Crippen LogP) is 0.759. The van der Waals surface area contributed by atoms with Gasteiger partial charge in [-0.15, -0.1) is 0 Å². The Morgan fingerprint density at radius 3 is 2.87 bits per heavy atom. The van der Waals surface area contributed by atoms with Crippen LogP contribution in [0, 0.1) is 17.3 Å². The first-order valence-electron chi connectivity index (χ1n) is 7.47. The van der Waals surface area contributed by atoms with Gasteiger partial charge >= 0.3 is 5.97 Å². The van der Waals surface area contributed by atoms with Crippen molar-refractivity contribution in [3.63, 3.8) is 0 Å². The fourth-order valence-electron chi connectivity index (χ4n) is 2.60. The zero-order valence-electron chi connectivity index (χ0n) is 13.0. The minimum absolute atomic E-state index is 0.0264. The monoisotopic (exact) mass is 316 g/mol. The minimum Gasteiger partial charge on any atom is -0.480 e. The zero-order valence-corrected chi connectivity index (χ0v) is 13.0. The van der Waals surface area contributed by atoms with Crippen molar-refractivity contribution in [2.45, 2.75) is 6.92 Å². The number of carboxylic acids is 1. The van der Waals surface area contributed by atoms with Crippen molar-refractivity contribution in [1.29, 1.82) is 0 Å². The van der Waals surface area contributed by atoms with Crippen LogP contribution in [0.3, 0.4) is 0 Å². The number of fused-ring (bicyclic) bond motifs is 1. The molecule has 0 saturated carbocycles. The van der Waals surface area contributed by atoms with Crippen molar-refractivity contribution in [3.8, 4) is 11.8 Å². The van der Waals surface area contributed by atoms with Gasteiger partial charge in [0.15, 0.2) is 5.78 Å². The van der Waals surface area contributed by atoms with E-state index in [0.29, 0.717) is 25.3 Å². The first kappa shape index (κ1) is 17.0. The summed E-state index contributed by atoms with van der Waals surface area (Å²) in [6.07, 6.45) is 0. The van der Waals surface area contributed by atoms with Crippen LogP contribution < -0.4 is 10.6 Å². The second kappa shape index (κ2) is 7.27. The molecule has 1 heterocycles. The number of rotatable bonds is 5. The number of anilines is 1. The van der Waals surface area contributed by atoms with Gasteiger partial charge in [0.2, 0.25) is 5.41 Å². The molecular weight excluding hydrogens is 296 g/mol. The van der Waals surface area contributed by atoms with E-state index in [2.05, 4.69) is 11.8 Å². The number of para-hydroxylation sites is 1. The number of ether oxygens (including phenoxy) is 1. The summed E-state index contributed by atoms with van der Waals surface area (Å²) in [5.74, 6) is 3.59. The first-order chi connectivity index (χ1) is 11.1. The summed E-state index contributed by atoms with van der Waals surface area (Å²) >= 11 is 0. The molecule has 0 aromatic heterocycles. The van der Waals surface area contributed by atoms with Crippen LogP contribution in [0.2, 0.25) is 0 Å². The Morgan fingerprint density at radius 2 is 2.22 bits per heavy atom. The molecule has 23 heavy (non-hydrogen) atoms. The summed E-state index contributed by atoms with van der Waals surface area (Å²) in [5.41, 5.74) is 4.68. The van der Waals surface area contributed by atoms with Crippen LogP contribution in [-0.2, 0) is 9.53 Å². The third-order valence-corrected chi connectivity index (χ3v) is 3.79. The summed E-state index contributed by atoms with van der Waals surface area (Å²) in [7, 11) is 0. The van der Waals surface area contributed by atoms with Gasteiger partial charge in [-0.05, 0) is 19.1 Å². The van der Waals surface area contributed by atoms with Gasteiger partial charge in [-0.25, -0.2) is 4.79 Å². The normalized spacial score (nSPS) is 19.7. The highest BCUT2D eigenvalue weighted by Crippen LogP contribution is 2.36. The molecule has 2 rings (SSSR count). The lowest BCUT2D eigenvalue weighted by molar-refractivity contribution is -0.142. The van der Waals surface area contributed by atoms with E-state index < -0.39 is 17.2 Å². The molecule has 1 atom stereocenters. The van der Waals surface area contributed by atoms with E-state index in [9.17, 15) is 14.7 Å². The Bertz CT molecular complexity index is 662. The number of carbonyl (C=O) groups is 2. The number of carboxylic acid groups (broad SMARTS) is 1. The van der Waals surface area contributed by atoms with Crippen LogP contribution in [0.25, 0.3) is 0 Å². The third-order valence-electron chi connectivity index (χ3n) is 3.79. The highest BCUT2D eigenvalue weighted by atomic mass is 16.5. The van der Waals surface area contributed by atoms with E-state index in [1.54, 1.807) is 12.1 Å². The van der Waals surface area contributed by atoms with Crippen molar-refractivity contribution in [2.75, 3.05) is 37.7 Å². The van der Waals surface area contributed by atoms with Crippen LogP contribution in [0.1, 0.15) is 17.3 Å². The van der Waals surface area contributed by atoms with Gasteiger partial charge in [-0.2, -0.15) is 0 Å². The minimum atomic E-state index is -1.77. The topological polar surface area (TPSA) is 92.9 Å². The zero-order chi connectivity index (χ0) is 16.9. The molecule has 1 aromatic rings. The highest BCUT2D eigenvalue weighted by Gasteiger charge is 2.50. The van der Waals surface area contributed by atoms with E-state index in [0.717, 1.165) is 5.69 Å². The van der Waals surface area contributed by atoms with Gasteiger partial charge in [-0.3, -0.25) is 4.79 Å². The van der Waals surface area contributed by atoms with E-state index in [4.69, 9.17) is 10.5 Å². The lowest BCUT2D eigenvalue weighted by Crippen LogP contribution is -2.52. The number of benzene rings is 1. The summed E-state index contributed by atoms with van der Waals surface area (Å²) in [5, 5.41) is 9.69. The molecule has 1 aliphatic rings. The summed E-state index contributed by atoms with van der Waals surface area (Å²) < 4.78 is 5.14. The fourth-order valence-corrected chi connectivity index (χ4v) is 2.60. The average Bonchev–Trinajstić information content (AvgIpc) is 2.56. The Hall–Kier alpha value is -2.36. The van der Waals surface area contributed by atoms with E-state index in [-0.39, 0.29) is 13.2 Å². The maximum atomic E-state index is 12.8. The van der Waals surface area contributed by atoms with Gasteiger partial charge in [0.1, 0.15) is 6.61 Å². The number of hydrogen-bond acceptors (Lipinski definition) is 5. The molecule has 1 unspecified atom stereocenters. The Kier molecular flexibility index (Phi) is 5.37. The number of carbonyl (C=O) groups excluding carboxylic acids is 1. The molecule has 1 aromatic carbocycles. The molecular formula is C17H20N2O4. The summed E-state index contributed by atoms with van der Waals surface area (Å²) in [6, 6.07) is 7.01. The quantitative estimate of drug-likeness (QED) is 0.473. The van der Waals surface area contributed by atoms with Gasteiger partial charge in [0.05, 0.1) is 13.2 Å². The van der Waals surface area contributed by atoms with Crippen LogP contribution in [-0.4, -0.2) is 49.7 Å². The molecule has 6 nitrogen and oxygen atoms in total. The third kappa shape index (κ3) is 3.21. The molecule has 0 amide bonds. The average molecular weight is 316 g/mol. The fraction of sp³-hybridized carbons (Fsp3) is 0.412. The second-order valence-electron chi connectivity index (χ2n) is 5.21. The maximum absolute atomic E-state index is 12.8. The molecule has 0 aliphatic carbocycles. The molecule has 0 fully saturated rings. The van der Waals surface area contributed by atoms with Crippen molar-refractivity contribution in [1.82, 2.24) is 0 Å². The lowest BCUT2D eigenvalue weighted by Gasteiger charge is -2.37. The molecule has 0 bridgehead atoms. The molecule has 122 valence electrons. The number of ketones is 1. The maximum Gasteiger partial charge on any atom is 0.331 e. The number of Topliss-reactive ketones (excluding diaryl/α,β-unsaturated/α-hetero) is 1. The molecule has 3 N–H and O–H groups in total. The second-order valence-corrected chi connectivity index (χ2v) is 5.21. The van der Waals surface area contributed by atoms with Gasteiger partial charge in [-0.1, -0.05) is 24.0 Å². The molecule has 0 radical (unpaired) electrons. The van der Waals surface area contributed by atoms with Crippen molar-refractivity contribution >= 4 is 17.4 Å². The Labute approximate surface area is 135 Å². The van der Waals surface area contributed by atoms with Crippen LogP contribution in [0.5, 0.6) is 0 Å². The SMILES string of the molecule is CCN1CC(C#CCOCCN)(C(=O)O)C(=O)c2ccccc21. The van der Waals surface area contributed by atoms with Crippen molar-refractivity contribution in [2.24, 2.45) is 11.1 Å². The van der Waals surface area contributed by atoms with E-state index >= 15 is 0 Å². The van der Waals surface area contributed by atoms with Crippen LogP contribution in [0.15, 0.2) is 24.3 Å². The Morgan fingerprint density at radius 1 is 1.48 bits per heavy atom. The van der Waals surface area contributed by atoms with E-state index in [1.165, 1.54) is 0 Å². The standard InChI is InChI=1S/C17H20N2O4/c1-2-19-12-17(16(21)22,8-5-10-23-11-9-18)15(20)13-6-3-4-7-14(13)19/h3-4,6-7H,2,9-12,18H2,1H3,(H,21,22). The predicted molar refractivity (Wildman–Crippen MR) is 86.4 cm³/mol.